The van der Waals surface area contributed by atoms with E-state index in [-0.39, 0.29) is 0 Å². The Kier molecular flexibility index (Phi) is 4.34. The number of hydrogen-bond acceptors (Lipinski definition) is 3. The molecule has 0 spiro atoms. The summed E-state index contributed by atoms with van der Waals surface area (Å²) in [7, 11) is -3.22. The molecule has 2 rings (SSSR count). The topological polar surface area (TPSA) is 63.1 Å². The molecule has 0 atom stereocenters. The van der Waals surface area contributed by atoms with Gasteiger partial charge < -0.3 is 9.88 Å². The fourth-order valence-corrected chi connectivity index (χ4v) is 2.55. The summed E-state index contributed by atoms with van der Waals surface area (Å²) in [6.07, 6.45) is 3.19. The molecule has 1 heterocycles. The summed E-state index contributed by atoms with van der Waals surface area (Å²) >= 11 is 0. The first-order valence-electron chi connectivity index (χ1n) is 6.43. The van der Waals surface area contributed by atoms with Gasteiger partial charge in [0.1, 0.15) is 0 Å². The molecule has 2 aromatic rings. The van der Waals surface area contributed by atoms with Crippen LogP contribution in [0.5, 0.6) is 0 Å². The lowest BCUT2D eigenvalue weighted by atomic mass is 10.3. The van der Waals surface area contributed by atoms with Crippen LogP contribution in [0.3, 0.4) is 0 Å². The minimum atomic E-state index is -3.22. The van der Waals surface area contributed by atoms with Crippen LogP contribution in [0.4, 0.5) is 11.4 Å². The summed E-state index contributed by atoms with van der Waals surface area (Å²) in [6.45, 7) is 3.79. The average molecular weight is 293 g/mol. The van der Waals surface area contributed by atoms with Gasteiger partial charge in [-0.25, -0.2) is 8.42 Å². The predicted molar refractivity (Wildman–Crippen MR) is 82.3 cm³/mol. The zero-order valence-electron chi connectivity index (χ0n) is 11.6. The van der Waals surface area contributed by atoms with Gasteiger partial charge in [-0.3, -0.25) is 4.72 Å². The third kappa shape index (κ3) is 4.03. The first kappa shape index (κ1) is 14.5. The molecule has 108 valence electrons. The summed E-state index contributed by atoms with van der Waals surface area (Å²) in [4.78, 5) is 0. The van der Waals surface area contributed by atoms with Crippen LogP contribution in [0.1, 0.15) is 12.6 Å². The molecule has 0 saturated carbocycles. The highest BCUT2D eigenvalue weighted by Gasteiger charge is 2.02. The Labute approximate surface area is 119 Å². The van der Waals surface area contributed by atoms with Crippen molar-refractivity contribution in [3.05, 3.63) is 48.3 Å². The minimum absolute atomic E-state index is 0.565. The predicted octanol–water partition coefficient (Wildman–Crippen LogP) is 2.49. The molecule has 1 aromatic carbocycles. The van der Waals surface area contributed by atoms with Gasteiger partial charge >= 0.3 is 0 Å². The highest BCUT2D eigenvalue weighted by atomic mass is 32.2. The maximum absolute atomic E-state index is 11.1. The molecule has 0 bridgehead atoms. The maximum atomic E-state index is 11.1. The number of nitrogens with zero attached hydrogens (tertiary/aromatic N) is 1. The number of aromatic nitrogens is 1. The molecule has 2 N–H and O–H groups in total. The Morgan fingerprint density at radius 1 is 1.10 bits per heavy atom. The number of nitrogens with one attached hydrogen (secondary N) is 2. The van der Waals surface area contributed by atoms with E-state index < -0.39 is 10.0 Å². The first-order valence-corrected chi connectivity index (χ1v) is 8.33. The Morgan fingerprint density at radius 3 is 2.35 bits per heavy atom. The zero-order valence-corrected chi connectivity index (χ0v) is 12.4. The largest absolute Gasteiger partial charge is 0.379 e. The van der Waals surface area contributed by atoms with Crippen molar-refractivity contribution in [2.45, 2.75) is 20.0 Å². The van der Waals surface area contributed by atoms with Gasteiger partial charge in [0.2, 0.25) is 10.0 Å². The van der Waals surface area contributed by atoms with Crippen molar-refractivity contribution in [1.29, 1.82) is 0 Å². The summed E-state index contributed by atoms with van der Waals surface area (Å²) in [6, 6.07) is 11.3. The normalized spacial score (nSPS) is 11.3. The van der Waals surface area contributed by atoms with E-state index in [1.165, 1.54) is 5.69 Å². The summed E-state index contributed by atoms with van der Waals surface area (Å²) in [5.74, 6) is 0. The summed E-state index contributed by atoms with van der Waals surface area (Å²) < 4.78 is 26.8. The molecular weight excluding hydrogens is 274 g/mol. The van der Waals surface area contributed by atoms with Crippen LogP contribution in [0, 0.1) is 0 Å². The third-order valence-electron chi connectivity index (χ3n) is 2.93. The van der Waals surface area contributed by atoms with Crippen LogP contribution in [-0.2, 0) is 23.1 Å². The van der Waals surface area contributed by atoms with Crippen molar-refractivity contribution in [2.24, 2.45) is 0 Å². The van der Waals surface area contributed by atoms with Crippen molar-refractivity contribution in [3.63, 3.8) is 0 Å². The lowest BCUT2D eigenvalue weighted by molar-refractivity contribution is 0.607. The van der Waals surface area contributed by atoms with Gasteiger partial charge in [0.25, 0.3) is 0 Å². The Bertz CT molecular complexity index is 660. The third-order valence-corrected chi connectivity index (χ3v) is 3.53. The second-order valence-corrected chi connectivity index (χ2v) is 6.34. The molecule has 0 aliphatic heterocycles. The molecule has 0 amide bonds. The molecule has 0 saturated heterocycles. The van der Waals surface area contributed by atoms with Crippen molar-refractivity contribution < 1.29 is 8.42 Å². The molecule has 0 radical (unpaired) electrons. The molecule has 1 aromatic heterocycles. The molecule has 6 heteroatoms. The Balaban J connectivity index is 1.97. The number of benzene rings is 1. The van der Waals surface area contributed by atoms with Gasteiger partial charge in [0.05, 0.1) is 12.8 Å². The standard InChI is InChI=1S/C14H19N3O2S/c1-3-17-10-4-5-14(17)11-15-12-6-8-13(9-7-12)16-20(2,18)19/h4-10,15-16H,3,11H2,1-2H3. The van der Waals surface area contributed by atoms with Gasteiger partial charge in [-0.1, -0.05) is 0 Å². The second kappa shape index (κ2) is 6.00. The van der Waals surface area contributed by atoms with Crippen molar-refractivity contribution in [3.8, 4) is 0 Å². The molecule has 0 fully saturated rings. The van der Waals surface area contributed by atoms with Crippen LogP contribution in [0.25, 0.3) is 0 Å². The lowest BCUT2D eigenvalue weighted by Gasteiger charge is -2.10. The maximum Gasteiger partial charge on any atom is 0.229 e. The zero-order chi connectivity index (χ0) is 14.6. The molecule has 20 heavy (non-hydrogen) atoms. The number of anilines is 2. The smallest absolute Gasteiger partial charge is 0.229 e. The summed E-state index contributed by atoms with van der Waals surface area (Å²) in [5.41, 5.74) is 2.73. The van der Waals surface area contributed by atoms with Crippen LogP contribution in [-0.4, -0.2) is 19.2 Å². The minimum Gasteiger partial charge on any atom is -0.379 e. The van der Waals surface area contributed by atoms with Crippen LogP contribution >= 0.6 is 0 Å². The van der Waals surface area contributed by atoms with Crippen LogP contribution < -0.4 is 10.0 Å². The molecule has 0 aliphatic rings. The van der Waals surface area contributed by atoms with Gasteiger partial charge in [-0.15, -0.1) is 0 Å². The van der Waals surface area contributed by atoms with E-state index in [9.17, 15) is 8.42 Å². The van der Waals surface area contributed by atoms with E-state index in [4.69, 9.17) is 0 Å². The quantitative estimate of drug-likeness (QED) is 0.860. The van der Waals surface area contributed by atoms with Gasteiger partial charge in [-0.05, 0) is 43.3 Å². The monoisotopic (exact) mass is 293 g/mol. The van der Waals surface area contributed by atoms with E-state index in [0.717, 1.165) is 25.0 Å². The Hall–Kier alpha value is -1.95. The van der Waals surface area contributed by atoms with E-state index in [0.29, 0.717) is 5.69 Å². The van der Waals surface area contributed by atoms with Gasteiger partial charge in [0, 0.05) is 29.8 Å². The van der Waals surface area contributed by atoms with Gasteiger partial charge in [0.15, 0.2) is 0 Å². The average Bonchev–Trinajstić information content (AvgIpc) is 2.83. The highest BCUT2D eigenvalue weighted by molar-refractivity contribution is 7.92. The van der Waals surface area contributed by atoms with E-state index in [1.54, 1.807) is 12.1 Å². The number of aryl methyl sites for hydroxylation is 1. The SMILES string of the molecule is CCn1cccc1CNc1ccc(NS(C)(=O)=O)cc1. The molecule has 0 aliphatic carbocycles. The van der Waals surface area contributed by atoms with Gasteiger partial charge in [-0.2, -0.15) is 0 Å². The fourth-order valence-electron chi connectivity index (χ4n) is 1.98. The molecule has 5 nitrogen and oxygen atoms in total. The molecular formula is C14H19N3O2S. The number of hydrogen-bond donors (Lipinski definition) is 2. The van der Waals surface area contributed by atoms with Crippen molar-refractivity contribution in [2.75, 3.05) is 16.3 Å². The summed E-state index contributed by atoms with van der Waals surface area (Å²) in [5, 5.41) is 3.31. The van der Waals surface area contributed by atoms with E-state index >= 15 is 0 Å². The fraction of sp³-hybridized carbons (Fsp3) is 0.286. The number of sulfonamides is 1. The van der Waals surface area contributed by atoms with Crippen LogP contribution in [0.15, 0.2) is 42.6 Å². The highest BCUT2D eigenvalue weighted by Crippen LogP contribution is 2.15. The Morgan fingerprint density at radius 2 is 1.75 bits per heavy atom. The van der Waals surface area contributed by atoms with Crippen LogP contribution in [0.2, 0.25) is 0 Å². The first-order chi connectivity index (χ1) is 9.48. The second-order valence-electron chi connectivity index (χ2n) is 4.59. The number of rotatable bonds is 6. The lowest BCUT2D eigenvalue weighted by Crippen LogP contribution is -2.09. The van der Waals surface area contributed by atoms with Crippen molar-refractivity contribution in [1.82, 2.24) is 4.57 Å². The van der Waals surface area contributed by atoms with E-state index in [2.05, 4.69) is 33.8 Å². The molecule has 0 unspecified atom stereocenters. The van der Waals surface area contributed by atoms with E-state index in [1.807, 2.05) is 18.2 Å². The van der Waals surface area contributed by atoms with Crippen molar-refractivity contribution >= 4 is 21.4 Å².